The van der Waals surface area contributed by atoms with E-state index in [0.29, 0.717) is 23.7 Å². The van der Waals surface area contributed by atoms with Crippen molar-refractivity contribution in [3.63, 3.8) is 0 Å². The van der Waals surface area contributed by atoms with Gasteiger partial charge >= 0.3 is 0 Å². The van der Waals surface area contributed by atoms with Crippen LogP contribution in [-0.4, -0.2) is 54.0 Å². The predicted molar refractivity (Wildman–Crippen MR) is 122 cm³/mol. The van der Waals surface area contributed by atoms with Crippen LogP contribution in [-0.2, 0) is 13.2 Å². The van der Waals surface area contributed by atoms with Gasteiger partial charge in [0.2, 0.25) is 0 Å². The maximum atomic E-state index is 13.0. The van der Waals surface area contributed by atoms with E-state index in [1.807, 2.05) is 10.3 Å². The molecule has 1 aliphatic rings. The summed E-state index contributed by atoms with van der Waals surface area (Å²) in [6.45, 7) is 6.57. The zero-order valence-electron chi connectivity index (χ0n) is 17.9. The van der Waals surface area contributed by atoms with Crippen LogP contribution in [0.15, 0.2) is 53.4 Å². The Balaban J connectivity index is 1.34. The summed E-state index contributed by atoms with van der Waals surface area (Å²) >= 11 is 1.53. The predicted octanol–water partition coefficient (Wildman–Crippen LogP) is 4.00. The third kappa shape index (κ3) is 5.42. The average Bonchev–Trinajstić information content (AvgIpc) is 3.31. The zero-order chi connectivity index (χ0) is 21.6. The lowest BCUT2D eigenvalue weighted by atomic mass is 10.1. The Morgan fingerprint density at radius 1 is 1.10 bits per heavy atom. The highest BCUT2D eigenvalue weighted by molar-refractivity contribution is 7.07. The summed E-state index contributed by atoms with van der Waals surface area (Å²) in [5.74, 6) is 1.19. The first-order chi connectivity index (χ1) is 15.1. The van der Waals surface area contributed by atoms with E-state index in [9.17, 15) is 4.79 Å². The Labute approximate surface area is 187 Å². The smallest absolute Gasteiger partial charge is 0.254 e. The lowest BCUT2D eigenvalue weighted by molar-refractivity contribution is 0.0628. The van der Waals surface area contributed by atoms with Crippen molar-refractivity contribution in [3.05, 3.63) is 75.7 Å². The maximum absolute atomic E-state index is 13.0. The molecule has 0 bridgehead atoms. The maximum Gasteiger partial charge on any atom is 0.254 e. The van der Waals surface area contributed by atoms with E-state index < -0.39 is 0 Å². The van der Waals surface area contributed by atoms with E-state index in [-0.39, 0.29) is 5.91 Å². The van der Waals surface area contributed by atoms with E-state index in [4.69, 9.17) is 9.47 Å². The molecular formula is C24H27N3O3S. The molecule has 7 heteroatoms. The van der Waals surface area contributed by atoms with E-state index in [1.165, 1.54) is 22.5 Å². The number of nitrogens with zero attached hydrogens (tertiary/aromatic N) is 3. The quantitative estimate of drug-likeness (QED) is 0.559. The summed E-state index contributed by atoms with van der Waals surface area (Å²) in [7, 11) is 1.59. The zero-order valence-corrected chi connectivity index (χ0v) is 18.7. The van der Waals surface area contributed by atoms with Crippen molar-refractivity contribution in [3.8, 4) is 11.5 Å². The summed E-state index contributed by atoms with van der Waals surface area (Å²) in [4.78, 5) is 21.6. The van der Waals surface area contributed by atoms with Gasteiger partial charge in [0, 0.05) is 43.7 Å². The van der Waals surface area contributed by atoms with Crippen LogP contribution in [0, 0.1) is 6.92 Å². The highest BCUT2D eigenvalue weighted by Gasteiger charge is 2.23. The molecule has 1 aliphatic heterocycles. The minimum atomic E-state index is 0.0274. The summed E-state index contributed by atoms with van der Waals surface area (Å²) in [5.41, 5.74) is 5.86. The van der Waals surface area contributed by atoms with Crippen molar-refractivity contribution in [1.29, 1.82) is 0 Å². The Kier molecular flexibility index (Phi) is 6.84. The van der Waals surface area contributed by atoms with Gasteiger partial charge in [0.25, 0.3) is 5.91 Å². The number of thiazole rings is 1. The van der Waals surface area contributed by atoms with Gasteiger partial charge in [-0.15, -0.1) is 11.3 Å². The van der Waals surface area contributed by atoms with Crippen molar-refractivity contribution in [2.75, 3.05) is 33.3 Å². The molecule has 0 N–H and O–H groups in total. The summed E-state index contributed by atoms with van der Waals surface area (Å²) in [6, 6.07) is 14.0. The lowest BCUT2D eigenvalue weighted by Gasteiger charge is -2.35. The van der Waals surface area contributed by atoms with Gasteiger partial charge in [-0.05, 0) is 30.7 Å². The topological polar surface area (TPSA) is 54.9 Å². The normalized spacial score (nSPS) is 14.5. The second kappa shape index (κ2) is 9.94. The summed E-state index contributed by atoms with van der Waals surface area (Å²) in [6.07, 6.45) is 0. The van der Waals surface area contributed by atoms with E-state index in [2.05, 4.69) is 41.1 Å². The number of carbonyl (C=O) groups excluding carboxylic acids is 1. The molecule has 4 rings (SSSR count). The van der Waals surface area contributed by atoms with Gasteiger partial charge in [0.05, 0.1) is 18.3 Å². The van der Waals surface area contributed by atoms with Gasteiger partial charge in [-0.2, -0.15) is 0 Å². The summed E-state index contributed by atoms with van der Waals surface area (Å²) in [5, 5.41) is 1.95. The number of piperazine rings is 1. The number of carbonyl (C=O) groups is 1. The van der Waals surface area contributed by atoms with Crippen LogP contribution in [0.25, 0.3) is 0 Å². The highest BCUT2D eigenvalue weighted by atomic mass is 32.1. The average molecular weight is 438 g/mol. The van der Waals surface area contributed by atoms with Gasteiger partial charge in [-0.25, -0.2) is 4.98 Å². The molecule has 0 atom stereocenters. The Bertz CT molecular complexity index is 1010. The van der Waals surface area contributed by atoms with Crippen molar-refractivity contribution in [2.45, 2.75) is 20.1 Å². The lowest BCUT2D eigenvalue weighted by Crippen LogP contribution is -2.48. The van der Waals surface area contributed by atoms with Crippen LogP contribution in [0.5, 0.6) is 11.5 Å². The summed E-state index contributed by atoms with van der Waals surface area (Å²) < 4.78 is 11.3. The third-order valence-electron chi connectivity index (χ3n) is 5.42. The van der Waals surface area contributed by atoms with Crippen LogP contribution < -0.4 is 9.47 Å². The van der Waals surface area contributed by atoms with Crippen LogP contribution in [0.2, 0.25) is 0 Å². The third-order valence-corrected chi connectivity index (χ3v) is 6.05. The molecule has 6 nitrogen and oxygen atoms in total. The van der Waals surface area contributed by atoms with Gasteiger partial charge in [-0.1, -0.05) is 29.8 Å². The number of aryl methyl sites for hydroxylation is 1. The fraction of sp³-hybridized carbons (Fsp3) is 0.333. The van der Waals surface area contributed by atoms with Crippen LogP contribution >= 0.6 is 11.3 Å². The number of amides is 1. The van der Waals surface area contributed by atoms with Crippen LogP contribution in [0.3, 0.4) is 0 Å². The Morgan fingerprint density at radius 3 is 2.65 bits per heavy atom. The molecule has 1 fully saturated rings. The highest BCUT2D eigenvalue weighted by Crippen LogP contribution is 2.29. The Hall–Kier alpha value is -2.90. The first kappa shape index (κ1) is 21.3. The molecule has 1 saturated heterocycles. The van der Waals surface area contributed by atoms with Crippen molar-refractivity contribution in [1.82, 2.24) is 14.8 Å². The standard InChI is InChI=1S/C24H27N3O3S/c1-18-4-3-5-19(12-18)14-26-8-10-27(11-9-26)24(28)20-6-7-22(23(13-20)29-2)30-15-21-16-31-17-25-21/h3-7,12-13,16-17H,8-11,14-15H2,1-2H3. The fourth-order valence-corrected chi connectivity index (χ4v) is 4.28. The second-order valence-electron chi connectivity index (χ2n) is 7.69. The first-order valence-electron chi connectivity index (χ1n) is 10.4. The molecule has 162 valence electrons. The van der Waals surface area contributed by atoms with Gasteiger partial charge in [-0.3, -0.25) is 9.69 Å². The van der Waals surface area contributed by atoms with E-state index >= 15 is 0 Å². The molecule has 0 saturated carbocycles. The molecule has 0 unspecified atom stereocenters. The molecule has 3 aromatic rings. The Morgan fingerprint density at radius 2 is 1.94 bits per heavy atom. The molecule has 0 spiro atoms. The monoisotopic (exact) mass is 437 g/mol. The first-order valence-corrected chi connectivity index (χ1v) is 11.3. The van der Waals surface area contributed by atoms with E-state index in [0.717, 1.165) is 38.4 Å². The van der Waals surface area contributed by atoms with E-state index in [1.54, 1.807) is 30.8 Å². The fourth-order valence-electron chi connectivity index (χ4n) is 3.74. The van der Waals surface area contributed by atoms with Crippen molar-refractivity contribution in [2.24, 2.45) is 0 Å². The van der Waals surface area contributed by atoms with Gasteiger partial charge < -0.3 is 14.4 Å². The largest absolute Gasteiger partial charge is 0.493 e. The molecule has 0 aliphatic carbocycles. The number of rotatable bonds is 7. The SMILES string of the molecule is COc1cc(C(=O)N2CCN(Cc3cccc(C)c3)CC2)ccc1OCc1cscn1. The number of benzene rings is 2. The second-order valence-corrected chi connectivity index (χ2v) is 8.41. The van der Waals surface area contributed by atoms with Crippen molar-refractivity contribution < 1.29 is 14.3 Å². The molecular weight excluding hydrogens is 410 g/mol. The molecule has 0 radical (unpaired) electrons. The molecule has 2 heterocycles. The number of aromatic nitrogens is 1. The van der Waals surface area contributed by atoms with Gasteiger partial charge in [0.1, 0.15) is 6.61 Å². The minimum absolute atomic E-state index is 0.0274. The van der Waals surface area contributed by atoms with Crippen molar-refractivity contribution >= 4 is 17.2 Å². The number of ether oxygens (including phenoxy) is 2. The van der Waals surface area contributed by atoms with Crippen LogP contribution in [0.4, 0.5) is 0 Å². The number of hydrogen-bond acceptors (Lipinski definition) is 6. The molecule has 1 amide bonds. The van der Waals surface area contributed by atoms with Crippen LogP contribution in [0.1, 0.15) is 27.2 Å². The molecule has 2 aromatic carbocycles. The minimum Gasteiger partial charge on any atom is -0.493 e. The van der Waals surface area contributed by atoms with Gasteiger partial charge in [0.15, 0.2) is 11.5 Å². The molecule has 1 aromatic heterocycles. The number of hydrogen-bond donors (Lipinski definition) is 0. The number of methoxy groups -OCH3 is 1. The molecule has 31 heavy (non-hydrogen) atoms.